The van der Waals surface area contributed by atoms with Crippen molar-refractivity contribution in [3.8, 4) is 0 Å². The summed E-state index contributed by atoms with van der Waals surface area (Å²) < 4.78 is 0. The Bertz CT molecular complexity index is 165. The third-order valence-corrected chi connectivity index (χ3v) is 0.920. The number of amides is 1. The lowest BCUT2D eigenvalue weighted by Crippen LogP contribution is -2.33. The Morgan fingerprint density at radius 2 is 2.27 bits per heavy atom. The lowest BCUT2D eigenvalue weighted by molar-refractivity contribution is -0.120. The van der Waals surface area contributed by atoms with Crippen molar-refractivity contribution in [3.05, 3.63) is 0 Å². The molecule has 0 radical (unpaired) electrons. The molecule has 0 atom stereocenters. The molecule has 0 aliphatic heterocycles. The van der Waals surface area contributed by atoms with Gasteiger partial charge in [-0.05, 0) is 13.8 Å². The highest BCUT2D eigenvalue weighted by molar-refractivity contribution is 5.98. The minimum Gasteiger partial charge on any atom is -0.409 e. The van der Waals surface area contributed by atoms with Crippen LogP contribution in [-0.4, -0.2) is 23.0 Å². The van der Waals surface area contributed by atoms with E-state index in [-0.39, 0.29) is 24.2 Å². The van der Waals surface area contributed by atoms with Crippen LogP contribution in [0.25, 0.3) is 0 Å². The van der Waals surface area contributed by atoms with E-state index in [2.05, 4.69) is 10.5 Å². The number of hydrogen-bond acceptors (Lipinski definition) is 3. The van der Waals surface area contributed by atoms with Crippen LogP contribution in [0.2, 0.25) is 0 Å². The Hall–Kier alpha value is -1.26. The van der Waals surface area contributed by atoms with E-state index in [4.69, 9.17) is 10.9 Å². The van der Waals surface area contributed by atoms with Gasteiger partial charge in [0.15, 0.2) is 0 Å². The van der Waals surface area contributed by atoms with Crippen molar-refractivity contribution >= 4 is 11.7 Å². The van der Waals surface area contributed by atoms with Crippen LogP contribution in [0.15, 0.2) is 5.16 Å². The highest BCUT2D eigenvalue weighted by Crippen LogP contribution is 1.83. The molecule has 0 aromatic carbocycles. The number of nitrogens with two attached hydrogens (primary N) is 1. The molecule has 0 aliphatic carbocycles. The predicted molar refractivity (Wildman–Crippen MR) is 41.3 cm³/mol. The van der Waals surface area contributed by atoms with Gasteiger partial charge in [-0.15, -0.1) is 0 Å². The van der Waals surface area contributed by atoms with E-state index in [0.717, 1.165) is 0 Å². The molecule has 0 aliphatic rings. The highest BCUT2D eigenvalue weighted by Gasteiger charge is 2.04. The lowest BCUT2D eigenvalue weighted by atomic mass is 10.3. The molecule has 5 nitrogen and oxygen atoms in total. The van der Waals surface area contributed by atoms with Crippen LogP contribution >= 0.6 is 0 Å². The monoisotopic (exact) mass is 159 g/mol. The van der Waals surface area contributed by atoms with E-state index in [1.807, 2.05) is 13.8 Å². The number of nitrogens with zero attached hydrogens (tertiary/aromatic N) is 1. The zero-order valence-electron chi connectivity index (χ0n) is 6.66. The third-order valence-electron chi connectivity index (χ3n) is 0.920. The normalized spacial score (nSPS) is 11.7. The molecule has 64 valence electrons. The van der Waals surface area contributed by atoms with Gasteiger partial charge in [0.25, 0.3) is 0 Å². The van der Waals surface area contributed by atoms with E-state index in [9.17, 15) is 4.79 Å². The minimum atomic E-state index is -0.240. The highest BCUT2D eigenvalue weighted by atomic mass is 16.4. The zero-order valence-corrected chi connectivity index (χ0v) is 6.66. The van der Waals surface area contributed by atoms with Crippen LogP contribution in [0.3, 0.4) is 0 Å². The fourth-order valence-electron chi connectivity index (χ4n) is 0.573. The average Bonchev–Trinajstić information content (AvgIpc) is 1.85. The van der Waals surface area contributed by atoms with E-state index in [0.29, 0.717) is 0 Å². The van der Waals surface area contributed by atoms with Crippen LogP contribution in [0.5, 0.6) is 0 Å². The largest absolute Gasteiger partial charge is 0.409 e. The summed E-state index contributed by atoms with van der Waals surface area (Å²) in [5.41, 5.74) is 5.09. The molecule has 0 spiro atoms. The number of oxime groups is 1. The van der Waals surface area contributed by atoms with Crippen molar-refractivity contribution in [2.45, 2.75) is 26.3 Å². The standard InChI is InChI=1S/C6H13N3O2/c1-4(2)8-6(10)3-5(7)9-11/h4,11H,3H2,1-2H3,(H2,7,9)(H,8,10). The lowest BCUT2D eigenvalue weighted by Gasteiger charge is -2.06. The first-order chi connectivity index (χ1) is 5.06. The summed E-state index contributed by atoms with van der Waals surface area (Å²) in [7, 11) is 0. The van der Waals surface area contributed by atoms with Crippen LogP contribution in [0, 0.1) is 0 Å². The summed E-state index contributed by atoms with van der Waals surface area (Å²) in [6.07, 6.45) is -0.0608. The number of carbonyl (C=O) groups excluding carboxylic acids is 1. The van der Waals surface area contributed by atoms with Crippen LogP contribution in [-0.2, 0) is 4.79 Å². The van der Waals surface area contributed by atoms with Crippen LogP contribution in [0.4, 0.5) is 0 Å². The Kier molecular flexibility index (Phi) is 4.02. The first-order valence-corrected chi connectivity index (χ1v) is 3.32. The van der Waals surface area contributed by atoms with Gasteiger partial charge < -0.3 is 16.3 Å². The number of carbonyl (C=O) groups is 1. The molecule has 0 bridgehead atoms. The average molecular weight is 159 g/mol. The Morgan fingerprint density at radius 1 is 1.73 bits per heavy atom. The van der Waals surface area contributed by atoms with Gasteiger partial charge in [-0.2, -0.15) is 0 Å². The van der Waals surface area contributed by atoms with Gasteiger partial charge in [0, 0.05) is 6.04 Å². The van der Waals surface area contributed by atoms with Crippen molar-refractivity contribution in [2.24, 2.45) is 10.9 Å². The molecule has 4 N–H and O–H groups in total. The second kappa shape index (κ2) is 4.54. The van der Waals surface area contributed by atoms with Crippen molar-refractivity contribution in [1.82, 2.24) is 5.32 Å². The predicted octanol–water partition coefficient (Wildman–Crippen LogP) is -0.352. The Balaban J connectivity index is 3.70. The minimum absolute atomic E-state index is 0.0608. The fourth-order valence-corrected chi connectivity index (χ4v) is 0.573. The third kappa shape index (κ3) is 5.20. The Labute approximate surface area is 65.3 Å². The molecular weight excluding hydrogens is 146 g/mol. The maximum absolute atomic E-state index is 10.8. The van der Waals surface area contributed by atoms with E-state index in [1.165, 1.54) is 0 Å². The van der Waals surface area contributed by atoms with Gasteiger partial charge in [0.2, 0.25) is 5.91 Å². The fraction of sp³-hybridized carbons (Fsp3) is 0.667. The summed E-state index contributed by atoms with van der Waals surface area (Å²) in [4.78, 5) is 10.8. The summed E-state index contributed by atoms with van der Waals surface area (Å²) in [6, 6.07) is 0.0778. The van der Waals surface area contributed by atoms with Crippen LogP contribution < -0.4 is 11.1 Å². The van der Waals surface area contributed by atoms with Crippen molar-refractivity contribution in [1.29, 1.82) is 0 Å². The smallest absolute Gasteiger partial charge is 0.227 e. The van der Waals surface area contributed by atoms with E-state index < -0.39 is 0 Å². The second-order valence-electron chi connectivity index (χ2n) is 2.49. The summed E-state index contributed by atoms with van der Waals surface area (Å²) >= 11 is 0. The van der Waals surface area contributed by atoms with Gasteiger partial charge >= 0.3 is 0 Å². The zero-order chi connectivity index (χ0) is 8.85. The maximum Gasteiger partial charge on any atom is 0.227 e. The topological polar surface area (TPSA) is 87.7 Å². The number of hydrogen-bond donors (Lipinski definition) is 3. The summed E-state index contributed by atoms with van der Waals surface area (Å²) in [5, 5.41) is 13.4. The van der Waals surface area contributed by atoms with Gasteiger partial charge in [0.1, 0.15) is 5.84 Å². The summed E-state index contributed by atoms with van der Waals surface area (Å²) in [5.74, 6) is -0.321. The first-order valence-electron chi connectivity index (χ1n) is 3.32. The molecule has 11 heavy (non-hydrogen) atoms. The van der Waals surface area contributed by atoms with Gasteiger partial charge in [-0.1, -0.05) is 5.16 Å². The van der Waals surface area contributed by atoms with Crippen LogP contribution in [0.1, 0.15) is 20.3 Å². The van der Waals surface area contributed by atoms with Crippen molar-refractivity contribution in [3.63, 3.8) is 0 Å². The first kappa shape index (κ1) is 9.74. The van der Waals surface area contributed by atoms with Crippen molar-refractivity contribution in [2.75, 3.05) is 0 Å². The molecule has 0 rings (SSSR count). The molecule has 0 heterocycles. The molecule has 0 aromatic rings. The molecule has 0 unspecified atom stereocenters. The summed E-state index contributed by atoms with van der Waals surface area (Å²) in [6.45, 7) is 3.67. The quantitative estimate of drug-likeness (QED) is 0.227. The van der Waals surface area contributed by atoms with Crippen molar-refractivity contribution < 1.29 is 10.0 Å². The number of nitrogens with one attached hydrogen (secondary N) is 1. The molecule has 0 saturated heterocycles. The second-order valence-corrected chi connectivity index (χ2v) is 2.49. The van der Waals surface area contributed by atoms with Gasteiger partial charge in [0.05, 0.1) is 6.42 Å². The molecular formula is C6H13N3O2. The SMILES string of the molecule is CC(C)NC(=O)C/C(N)=N/O. The maximum atomic E-state index is 10.8. The molecule has 0 aromatic heterocycles. The molecule has 1 amide bonds. The molecule has 0 saturated carbocycles. The molecule has 0 fully saturated rings. The van der Waals surface area contributed by atoms with E-state index in [1.54, 1.807) is 0 Å². The number of amidine groups is 1. The van der Waals surface area contributed by atoms with Gasteiger partial charge in [-0.3, -0.25) is 4.79 Å². The van der Waals surface area contributed by atoms with Gasteiger partial charge in [-0.25, -0.2) is 0 Å². The van der Waals surface area contributed by atoms with E-state index >= 15 is 0 Å². The number of rotatable bonds is 3. The Morgan fingerprint density at radius 3 is 2.64 bits per heavy atom. The molecule has 5 heteroatoms.